The molecule has 4 nitrogen and oxygen atoms in total. The summed E-state index contributed by atoms with van der Waals surface area (Å²) in [6.07, 6.45) is 0.538. The summed E-state index contributed by atoms with van der Waals surface area (Å²) in [6, 6.07) is 0. The topological polar surface area (TPSA) is 44.8 Å². The number of esters is 1. The Morgan fingerprint density at radius 1 is 1.14 bits per heavy atom. The largest absolute Gasteiger partial charge is 0.466 e. The van der Waals surface area contributed by atoms with Crippen LogP contribution in [0.15, 0.2) is 0 Å². The van der Waals surface area contributed by atoms with Crippen molar-refractivity contribution in [2.45, 2.75) is 39.9 Å². The standard InChI is InChI=1S/C10H20O4/c1-4-7-14-9(11)8-10(12-5-2)13-6-3/h10H,4-8H2,1-3H3. The molecule has 84 valence electrons. The average molecular weight is 204 g/mol. The first-order chi connectivity index (χ1) is 6.74. The monoisotopic (exact) mass is 204 g/mol. The molecule has 0 aromatic rings. The zero-order valence-electron chi connectivity index (χ0n) is 9.25. The second-order valence-electron chi connectivity index (χ2n) is 2.76. The van der Waals surface area contributed by atoms with Crippen LogP contribution in [-0.4, -0.2) is 32.1 Å². The van der Waals surface area contributed by atoms with Crippen molar-refractivity contribution in [3.05, 3.63) is 0 Å². The van der Waals surface area contributed by atoms with Gasteiger partial charge in [0.05, 0.1) is 13.0 Å². The van der Waals surface area contributed by atoms with Gasteiger partial charge >= 0.3 is 5.97 Å². The van der Waals surface area contributed by atoms with Crippen molar-refractivity contribution in [3.8, 4) is 0 Å². The van der Waals surface area contributed by atoms with Gasteiger partial charge in [0.25, 0.3) is 0 Å². The number of carbonyl (C=O) groups is 1. The molecule has 0 spiro atoms. The molecule has 0 atom stereocenters. The van der Waals surface area contributed by atoms with E-state index in [1.54, 1.807) is 0 Å². The lowest BCUT2D eigenvalue weighted by Crippen LogP contribution is -2.22. The Morgan fingerprint density at radius 2 is 1.71 bits per heavy atom. The SMILES string of the molecule is CCCOC(=O)CC(OCC)OCC. The van der Waals surface area contributed by atoms with Crippen LogP contribution < -0.4 is 0 Å². The molecule has 0 rings (SSSR count). The van der Waals surface area contributed by atoms with Crippen LogP contribution in [-0.2, 0) is 19.0 Å². The molecule has 0 saturated carbocycles. The van der Waals surface area contributed by atoms with Gasteiger partial charge in [0, 0.05) is 13.2 Å². The Kier molecular flexibility index (Phi) is 8.57. The zero-order valence-corrected chi connectivity index (χ0v) is 9.25. The molecule has 0 saturated heterocycles. The van der Waals surface area contributed by atoms with Crippen molar-refractivity contribution >= 4 is 5.97 Å². The molecule has 4 heteroatoms. The van der Waals surface area contributed by atoms with Gasteiger partial charge in [-0.1, -0.05) is 6.92 Å². The number of carbonyl (C=O) groups excluding carboxylic acids is 1. The fraction of sp³-hybridized carbons (Fsp3) is 0.900. The van der Waals surface area contributed by atoms with E-state index in [0.29, 0.717) is 19.8 Å². The van der Waals surface area contributed by atoms with E-state index < -0.39 is 6.29 Å². The van der Waals surface area contributed by atoms with Crippen LogP contribution in [0.2, 0.25) is 0 Å². The van der Waals surface area contributed by atoms with Gasteiger partial charge in [0.1, 0.15) is 0 Å². The zero-order chi connectivity index (χ0) is 10.8. The third kappa shape index (κ3) is 6.86. The summed E-state index contributed by atoms with van der Waals surface area (Å²) in [5.41, 5.74) is 0. The Morgan fingerprint density at radius 3 is 2.14 bits per heavy atom. The van der Waals surface area contributed by atoms with E-state index in [-0.39, 0.29) is 12.4 Å². The molecule has 0 aliphatic rings. The summed E-state index contributed by atoms with van der Waals surface area (Å²) in [6.45, 7) is 7.21. The number of ether oxygens (including phenoxy) is 3. The van der Waals surface area contributed by atoms with Gasteiger partial charge in [-0.3, -0.25) is 4.79 Å². The molecule has 0 aliphatic heterocycles. The van der Waals surface area contributed by atoms with Crippen LogP contribution in [0.1, 0.15) is 33.6 Å². The molecule has 0 aromatic heterocycles. The summed E-state index contributed by atoms with van der Waals surface area (Å²) < 4.78 is 15.3. The minimum atomic E-state index is -0.464. The van der Waals surface area contributed by atoms with E-state index in [9.17, 15) is 4.79 Å². The van der Waals surface area contributed by atoms with Crippen molar-refractivity contribution in [2.75, 3.05) is 19.8 Å². The normalized spacial score (nSPS) is 10.6. The lowest BCUT2D eigenvalue weighted by molar-refractivity contribution is -0.168. The quantitative estimate of drug-likeness (QED) is 0.446. The molecular weight excluding hydrogens is 184 g/mol. The van der Waals surface area contributed by atoms with E-state index in [1.807, 2.05) is 20.8 Å². The van der Waals surface area contributed by atoms with Gasteiger partial charge in [-0.2, -0.15) is 0 Å². The van der Waals surface area contributed by atoms with Crippen LogP contribution in [0.25, 0.3) is 0 Å². The highest BCUT2D eigenvalue weighted by atomic mass is 16.7. The predicted molar refractivity (Wildman–Crippen MR) is 52.9 cm³/mol. The minimum Gasteiger partial charge on any atom is -0.466 e. The summed E-state index contributed by atoms with van der Waals surface area (Å²) in [7, 11) is 0. The maximum absolute atomic E-state index is 11.2. The third-order valence-electron chi connectivity index (χ3n) is 1.51. The number of hydrogen-bond donors (Lipinski definition) is 0. The lowest BCUT2D eigenvalue weighted by Gasteiger charge is -2.15. The minimum absolute atomic E-state index is 0.168. The van der Waals surface area contributed by atoms with Gasteiger partial charge < -0.3 is 14.2 Å². The summed E-state index contributed by atoms with van der Waals surface area (Å²) in [5.74, 6) is -0.265. The Balaban J connectivity index is 3.71. The van der Waals surface area contributed by atoms with Crippen molar-refractivity contribution in [1.82, 2.24) is 0 Å². The highest BCUT2D eigenvalue weighted by Gasteiger charge is 2.14. The van der Waals surface area contributed by atoms with Crippen LogP contribution in [0.5, 0.6) is 0 Å². The van der Waals surface area contributed by atoms with Crippen LogP contribution in [0.3, 0.4) is 0 Å². The summed E-state index contributed by atoms with van der Waals surface area (Å²) >= 11 is 0. The van der Waals surface area contributed by atoms with E-state index in [4.69, 9.17) is 14.2 Å². The molecule has 0 amide bonds. The molecule has 14 heavy (non-hydrogen) atoms. The maximum atomic E-state index is 11.2. The summed E-state index contributed by atoms with van der Waals surface area (Å²) in [5, 5.41) is 0. The molecule has 0 unspecified atom stereocenters. The molecule has 0 aromatic carbocycles. The third-order valence-corrected chi connectivity index (χ3v) is 1.51. The highest BCUT2D eigenvalue weighted by Crippen LogP contribution is 2.02. The molecular formula is C10H20O4. The lowest BCUT2D eigenvalue weighted by atomic mass is 10.4. The van der Waals surface area contributed by atoms with Crippen molar-refractivity contribution in [2.24, 2.45) is 0 Å². The molecule has 0 heterocycles. The van der Waals surface area contributed by atoms with Crippen LogP contribution in [0.4, 0.5) is 0 Å². The van der Waals surface area contributed by atoms with Gasteiger partial charge in [-0.05, 0) is 20.3 Å². The number of hydrogen-bond acceptors (Lipinski definition) is 4. The van der Waals surface area contributed by atoms with E-state index in [0.717, 1.165) is 6.42 Å². The number of rotatable bonds is 8. The Hall–Kier alpha value is -0.610. The Labute approximate surface area is 85.5 Å². The molecule has 0 fully saturated rings. The molecule has 0 N–H and O–H groups in total. The van der Waals surface area contributed by atoms with E-state index in [1.165, 1.54) is 0 Å². The van der Waals surface area contributed by atoms with Gasteiger partial charge in [-0.15, -0.1) is 0 Å². The van der Waals surface area contributed by atoms with Crippen LogP contribution in [0, 0.1) is 0 Å². The predicted octanol–water partition coefficient (Wildman–Crippen LogP) is 1.73. The van der Waals surface area contributed by atoms with Gasteiger partial charge in [0.2, 0.25) is 0 Å². The van der Waals surface area contributed by atoms with Crippen molar-refractivity contribution < 1.29 is 19.0 Å². The van der Waals surface area contributed by atoms with Crippen LogP contribution >= 0.6 is 0 Å². The first kappa shape index (κ1) is 13.4. The molecule has 0 bridgehead atoms. The fourth-order valence-electron chi connectivity index (χ4n) is 0.949. The fourth-order valence-corrected chi connectivity index (χ4v) is 0.949. The van der Waals surface area contributed by atoms with Gasteiger partial charge in [-0.25, -0.2) is 0 Å². The van der Waals surface area contributed by atoms with Gasteiger partial charge in [0.15, 0.2) is 6.29 Å². The molecule has 0 aliphatic carbocycles. The Bertz CT molecular complexity index is 141. The van der Waals surface area contributed by atoms with Crippen molar-refractivity contribution in [3.63, 3.8) is 0 Å². The average Bonchev–Trinajstić information content (AvgIpc) is 2.15. The maximum Gasteiger partial charge on any atom is 0.310 e. The van der Waals surface area contributed by atoms with E-state index >= 15 is 0 Å². The molecule has 0 radical (unpaired) electrons. The smallest absolute Gasteiger partial charge is 0.310 e. The van der Waals surface area contributed by atoms with E-state index in [2.05, 4.69) is 0 Å². The second kappa shape index (κ2) is 8.97. The second-order valence-corrected chi connectivity index (χ2v) is 2.76. The van der Waals surface area contributed by atoms with Crippen molar-refractivity contribution in [1.29, 1.82) is 0 Å². The first-order valence-electron chi connectivity index (χ1n) is 5.13. The highest BCUT2D eigenvalue weighted by molar-refractivity contribution is 5.69. The first-order valence-corrected chi connectivity index (χ1v) is 5.13. The summed E-state index contributed by atoms with van der Waals surface area (Å²) in [4.78, 5) is 11.2.